The highest BCUT2D eigenvalue weighted by molar-refractivity contribution is 5.29. The van der Waals surface area contributed by atoms with Gasteiger partial charge < -0.3 is 15.1 Å². The minimum Gasteiger partial charge on any atom is -0.339 e. The van der Waals surface area contributed by atoms with Crippen molar-refractivity contribution in [2.45, 2.75) is 44.2 Å². The van der Waals surface area contributed by atoms with Crippen molar-refractivity contribution in [1.29, 1.82) is 0 Å². The first-order chi connectivity index (χ1) is 10.3. The molecule has 1 N–H and O–H groups in total. The van der Waals surface area contributed by atoms with Crippen LogP contribution in [-0.2, 0) is 0 Å². The van der Waals surface area contributed by atoms with Gasteiger partial charge in [0.15, 0.2) is 0 Å². The molecule has 116 valence electrons. The van der Waals surface area contributed by atoms with Crippen LogP contribution in [-0.4, -0.2) is 60.2 Å². The third-order valence-electron chi connectivity index (χ3n) is 4.82. The Kier molecular flexibility index (Phi) is 5.04. The number of hydrogen-bond acceptors (Lipinski definition) is 5. The summed E-state index contributed by atoms with van der Waals surface area (Å²) in [5, 5.41) is 3.78. The Morgan fingerprint density at radius 2 is 2.00 bits per heavy atom. The first kappa shape index (κ1) is 14.7. The first-order valence-corrected chi connectivity index (χ1v) is 8.28. The van der Waals surface area contributed by atoms with Crippen molar-refractivity contribution in [3.8, 4) is 0 Å². The minimum atomic E-state index is 0.567. The summed E-state index contributed by atoms with van der Waals surface area (Å²) in [7, 11) is 2.26. The summed E-state index contributed by atoms with van der Waals surface area (Å²) >= 11 is 0. The van der Waals surface area contributed by atoms with Crippen LogP contribution in [0.15, 0.2) is 18.5 Å². The molecule has 2 saturated heterocycles. The van der Waals surface area contributed by atoms with Crippen LogP contribution in [0.2, 0.25) is 0 Å². The molecule has 21 heavy (non-hydrogen) atoms. The summed E-state index contributed by atoms with van der Waals surface area (Å²) in [6, 6.07) is 3.15. The number of piperidine rings is 2. The lowest BCUT2D eigenvalue weighted by molar-refractivity contribution is 0.176. The van der Waals surface area contributed by atoms with E-state index in [0.717, 1.165) is 25.6 Å². The highest BCUT2D eigenvalue weighted by atomic mass is 15.3. The number of aromatic nitrogens is 2. The van der Waals surface area contributed by atoms with Crippen LogP contribution in [0.25, 0.3) is 0 Å². The highest BCUT2D eigenvalue weighted by Gasteiger charge is 2.24. The molecule has 2 unspecified atom stereocenters. The first-order valence-electron chi connectivity index (χ1n) is 8.28. The Morgan fingerprint density at radius 1 is 1.14 bits per heavy atom. The Hall–Kier alpha value is -1.20. The van der Waals surface area contributed by atoms with E-state index in [1.807, 2.05) is 18.5 Å². The van der Waals surface area contributed by atoms with E-state index in [4.69, 9.17) is 0 Å². The molecular formula is C16H27N5. The molecule has 0 aromatic carbocycles. The van der Waals surface area contributed by atoms with E-state index in [9.17, 15) is 0 Å². The molecule has 0 saturated carbocycles. The third kappa shape index (κ3) is 3.92. The lowest BCUT2D eigenvalue weighted by atomic mass is 10.0. The SMILES string of the molecule is CN1CCCCC1CNC1CCCN(c2ncccn2)C1. The van der Waals surface area contributed by atoms with Crippen molar-refractivity contribution in [3.05, 3.63) is 18.5 Å². The number of likely N-dealkylation sites (N-methyl/N-ethyl adjacent to an activating group) is 1. The van der Waals surface area contributed by atoms with Crippen LogP contribution in [0, 0.1) is 0 Å². The summed E-state index contributed by atoms with van der Waals surface area (Å²) in [6.07, 6.45) is 10.2. The lowest BCUT2D eigenvalue weighted by Crippen LogP contribution is -2.51. The molecule has 2 aliphatic heterocycles. The fraction of sp³-hybridized carbons (Fsp3) is 0.750. The lowest BCUT2D eigenvalue weighted by Gasteiger charge is -2.37. The Morgan fingerprint density at radius 3 is 2.81 bits per heavy atom. The number of likely N-dealkylation sites (tertiary alicyclic amines) is 1. The Balaban J connectivity index is 1.50. The van der Waals surface area contributed by atoms with Crippen molar-refractivity contribution < 1.29 is 0 Å². The van der Waals surface area contributed by atoms with E-state index in [-0.39, 0.29) is 0 Å². The Labute approximate surface area is 127 Å². The van der Waals surface area contributed by atoms with E-state index in [0.29, 0.717) is 12.1 Å². The second-order valence-electron chi connectivity index (χ2n) is 6.37. The molecule has 1 aromatic rings. The average molecular weight is 289 g/mol. The average Bonchev–Trinajstić information content (AvgIpc) is 2.55. The van der Waals surface area contributed by atoms with Crippen molar-refractivity contribution in [1.82, 2.24) is 20.2 Å². The van der Waals surface area contributed by atoms with Gasteiger partial charge in [-0.15, -0.1) is 0 Å². The van der Waals surface area contributed by atoms with Gasteiger partial charge >= 0.3 is 0 Å². The largest absolute Gasteiger partial charge is 0.339 e. The highest BCUT2D eigenvalue weighted by Crippen LogP contribution is 2.17. The van der Waals surface area contributed by atoms with Gasteiger partial charge in [0, 0.05) is 44.1 Å². The number of hydrogen-bond donors (Lipinski definition) is 1. The number of anilines is 1. The zero-order chi connectivity index (χ0) is 14.5. The van der Waals surface area contributed by atoms with Gasteiger partial charge in [-0.25, -0.2) is 9.97 Å². The van der Waals surface area contributed by atoms with Gasteiger partial charge in [0.25, 0.3) is 0 Å². The summed E-state index contributed by atoms with van der Waals surface area (Å²) in [5.41, 5.74) is 0. The molecule has 2 aliphatic rings. The van der Waals surface area contributed by atoms with Crippen LogP contribution in [0.5, 0.6) is 0 Å². The third-order valence-corrected chi connectivity index (χ3v) is 4.82. The zero-order valence-electron chi connectivity index (χ0n) is 13.0. The van der Waals surface area contributed by atoms with Crippen LogP contribution < -0.4 is 10.2 Å². The van der Waals surface area contributed by atoms with Crippen LogP contribution in [0.1, 0.15) is 32.1 Å². The van der Waals surface area contributed by atoms with Gasteiger partial charge in [-0.3, -0.25) is 0 Å². The summed E-state index contributed by atoms with van der Waals surface area (Å²) < 4.78 is 0. The maximum absolute atomic E-state index is 4.38. The molecule has 0 aliphatic carbocycles. The Bertz CT molecular complexity index is 424. The van der Waals surface area contributed by atoms with Crippen molar-refractivity contribution >= 4 is 5.95 Å². The van der Waals surface area contributed by atoms with Gasteiger partial charge in [-0.05, 0) is 45.3 Å². The second-order valence-corrected chi connectivity index (χ2v) is 6.37. The van der Waals surface area contributed by atoms with Crippen molar-refractivity contribution in [2.75, 3.05) is 38.1 Å². The summed E-state index contributed by atoms with van der Waals surface area (Å²) in [5.74, 6) is 0.874. The molecule has 5 heteroatoms. The molecular weight excluding hydrogens is 262 g/mol. The van der Waals surface area contributed by atoms with Gasteiger partial charge in [0.05, 0.1) is 0 Å². The molecule has 3 heterocycles. The quantitative estimate of drug-likeness (QED) is 0.910. The van der Waals surface area contributed by atoms with E-state index in [2.05, 4.69) is 32.1 Å². The predicted molar refractivity (Wildman–Crippen MR) is 85.5 cm³/mol. The fourth-order valence-electron chi connectivity index (χ4n) is 3.48. The van der Waals surface area contributed by atoms with Crippen LogP contribution >= 0.6 is 0 Å². The maximum atomic E-state index is 4.38. The number of nitrogens with zero attached hydrogens (tertiary/aromatic N) is 4. The zero-order valence-corrected chi connectivity index (χ0v) is 13.0. The van der Waals surface area contributed by atoms with Crippen molar-refractivity contribution in [3.63, 3.8) is 0 Å². The van der Waals surface area contributed by atoms with Gasteiger partial charge in [0.2, 0.25) is 5.95 Å². The van der Waals surface area contributed by atoms with Crippen molar-refractivity contribution in [2.24, 2.45) is 0 Å². The monoisotopic (exact) mass is 289 g/mol. The van der Waals surface area contributed by atoms with E-state index >= 15 is 0 Å². The molecule has 0 spiro atoms. The van der Waals surface area contributed by atoms with Gasteiger partial charge in [-0.1, -0.05) is 6.42 Å². The number of rotatable bonds is 4. The second kappa shape index (κ2) is 7.18. The summed E-state index contributed by atoms with van der Waals surface area (Å²) in [6.45, 7) is 4.47. The molecule has 0 radical (unpaired) electrons. The van der Waals surface area contributed by atoms with E-state index < -0.39 is 0 Å². The minimum absolute atomic E-state index is 0.567. The predicted octanol–water partition coefficient (Wildman–Crippen LogP) is 1.52. The molecule has 2 atom stereocenters. The standard InChI is InChI=1S/C16H27N5/c1-20-10-3-2-7-15(20)12-19-14-6-4-11-21(13-14)16-17-8-5-9-18-16/h5,8-9,14-15,19H,2-4,6-7,10-13H2,1H3. The molecule has 3 rings (SSSR count). The molecule has 0 amide bonds. The van der Waals surface area contributed by atoms with E-state index in [1.165, 1.54) is 38.6 Å². The van der Waals surface area contributed by atoms with Crippen LogP contribution in [0.4, 0.5) is 5.95 Å². The fourth-order valence-corrected chi connectivity index (χ4v) is 3.48. The van der Waals surface area contributed by atoms with Crippen LogP contribution in [0.3, 0.4) is 0 Å². The smallest absolute Gasteiger partial charge is 0.225 e. The maximum Gasteiger partial charge on any atom is 0.225 e. The normalized spacial score (nSPS) is 27.8. The van der Waals surface area contributed by atoms with Gasteiger partial charge in [0.1, 0.15) is 0 Å². The van der Waals surface area contributed by atoms with Gasteiger partial charge in [-0.2, -0.15) is 0 Å². The van der Waals surface area contributed by atoms with E-state index in [1.54, 1.807) is 0 Å². The molecule has 1 aromatic heterocycles. The summed E-state index contributed by atoms with van der Waals surface area (Å²) in [4.78, 5) is 13.6. The number of nitrogens with one attached hydrogen (secondary N) is 1. The molecule has 5 nitrogen and oxygen atoms in total. The topological polar surface area (TPSA) is 44.3 Å². The molecule has 2 fully saturated rings. The molecule has 0 bridgehead atoms.